The highest BCUT2D eigenvalue weighted by molar-refractivity contribution is 5.34. The van der Waals surface area contributed by atoms with Crippen LogP contribution in [0.4, 0.5) is 0 Å². The highest BCUT2D eigenvalue weighted by Crippen LogP contribution is 2.33. The first-order chi connectivity index (χ1) is 7.03. The summed E-state index contributed by atoms with van der Waals surface area (Å²) in [6.45, 7) is 6.38. The van der Waals surface area contributed by atoms with Crippen LogP contribution in [0.25, 0.3) is 0 Å². The molecule has 15 heavy (non-hydrogen) atoms. The van der Waals surface area contributed by atoms with Crippen molar-refractivity contribution < 1.29 is 4.79 Å². The summed E-state index contributed by atoms with van der Waals surface area (Å²) in [5, 5.41) is 0. The third-order valence-electron chi connectivity index (χ3n) is 3.56. The maximum Gasteiger partial charge on any atom is 0.235 e. The van der Waals surface area contributed by atoms with Crippen molar-refractivity contribution in [3.8, 4) is 0 Å². The fraction of sp³-hybridized carbons (Fsp3) is 0.923. The summed E-state index contributed by atoms with van der Waals surface area (Å²) in [6, 6.07) is 0. The van der Waals surface area contributed by atoms with Crippen molar-refractivity contribution in [3.63, 3.8) is 0 Å². The summed E-state index contributed by atoms with van der Waals surface area (Å²) in [7, 11) is 0. The van der Waals surface area contributed by atoms with Gasteiger partial charge in [0.2, 0.25) is 6.08 Å². The summed E-state index contributed by atoms with van der Waals surface area (Å²) in [5.74, 6) is 1.75. The van der Waals surface area contributed by atoms with Gasteiger partial charge in [-0.25, -0.2) is 4.79 Å². The molecule has 1 fully saturated rings. The molecule has 86 valence electrons. The van der Waals surface area contributed by atoms with E-state index in [-0.39, 0.29) is 5.54 Å². The van der Waals surface area contributed by atoms with E-state index >= 15 is 0 Å². The monoisotopic (exact) mass is 209 g/mol. The lowest BCUT2D eigenvalue weighted by Crippen LogP contribution is -2.20. The molecule has 0 radical (unpaired) electrons. The molecule has 0 saturated heterocycles. The highest BCUT2D eigenvalue weighted by Gasteiger charge is 2.22. The minimum Gasteiger partial charge on any atom is -0.211 e. The lowest BCUT2D eigenvalue weighted by atomic mass is 9.78. The SMILES string of the molecule is CC1CCCC(CCC(C)(C)N=C=O)C1. The third-order valence-corrected chi connectivity index (χ3v) is 3.56. The van der Waals surface area contributed by atoms with E-state index in [1.807, 2.05) is 13.8 Å². The first-order valence-electron chi connectivity index (χ1n) is 6.12. The van der Waals surface area contributed by atoms with Gasteiger partial charge in [0.1, 0.15) is 0 Å². The Kier molecular flexibility index (Phi) is 4.53. The van der Waals surface area contributed by atoms with Crippen LogP contribution < -0.4 is 0 Å². The number of rotatable bonds is 4. The van der Waals surface area contributed by atoms with E-state index in [2.05, 4.69) is 11.9 Å². The van der Waals surface area contributed by atoms with Gasteiger partial charge in [-0.3, -0.25) is 0 Å². The van der Waals surface area contributed by atoms with Crippen molar-refractivity contribution in [2.45, 2.75) is 64.8 Å². The van der Waals surface area contributed by atoms with Gasteiger partial charge >= 0.3 is 0 Å². The second-order valence-corrected chi connectivity index (χ2v) is 5.69. The van der Waals surface area contributed by atoms with Crippen LogP contribution in [0, 0.1) is 11.8 Å². The average molecular weight is 209 g/mol. The van der Waals surface area contributed by atoms with Gasteiger partial charge in [0.05, 0.1) is 5.54 Å². The molecule has 0 N–H and O–H groups in total. The Morgan fingerprint density at radius 3 is 2.73 bits per heavy atom. The summed E-state index contributed by atoms with van der Waals surface area (Å²) in [4.78, 5) is 14.1. The van der Waals surface area contributed by atoms with Crippen LogP contribution in [0.15, 0.2) is 4.99 Å². The number of aliphatic imine (C=N–C) groups is 1. The highest BCUT2D eigenvalue weighted by atomic mass is 16.1. The molecule has 0 heterocycles. The van der Waals surface area contributed by atoms with E-state index in [1.54, 1.807) is 6.08 Å². The predicted molar refractivity (Wildman–Crippen MR) is 62.6 cm³/mol. The van der Waals surface area contributed by atoms with Gasteiger partial charge in [0, 0.05) is 0 Å². The quantitative estimate of drug-likeness (QED) is 0.512. The molecule has 2 heteroatoms. The number of hydrogen-bond donors (Lipinski definition) is 0. The Balaban J connectivity index is 2.32. The van der Waals surface area contributed by atoms with Crippen LogP contribution in [0.3, 0.4) is 0 Å². The van der Waals surface area contributed by atoms with Gasteiger partial charge in [-0.05, 0) is 44.9 Å². The molecule has 1 aliphatic rings. The fourth-order valence-corrected chi connectivity index (χ4v) is 2.56. The molecule has 0 aliphatic heterocycles. The average Bonchev–Trinajstić information content (AvgIpc) is 2.15. The Morgan fingerprint density at radius 2 is 2.13 bits per heavy atom. The Labute approximate surface area is 93.2 Å². The molecule has 1 rings (SSSR count). The van der Waals surface area contributed by atoms with Crippen LogP contribution >= 0.6 is 0 Å². The molecule has 1 saturated carbocycles. The van der Waals surface area contributed by atoms with Crippen molar-refractivity contribution >= 4 is 6.08 Å². The standard InChI is InChI=1S/C13H23NO/c1-11-5-4-6-12(9-11)7-8-13(2,3)14-10-15/h11-12H,4-9H2,1-3H3. The third kappa shape index (κ3) is 4.61. The van der Waals surface area contributed by atoms with Gasteiger partial charge in [0.15, 0.2) is 0 Å². The summed E-state index contributed by atoms with van der Waals surface area (Å²) in [6.07, 6.45) is 9.41. The first-order valence-corrected chi connectivity index (χ1v) is 6.12. The number of carbonyl (C=O) groups excluding carboxylic acids is 1. The molecule has 0 bridgehead atoms. The van der Waals surface area contributed by atoms with Crippen molar-refractivity contribution in [2.75, 3.05) is 0 Å². The lowest BCUT2D eigenvalue weighted by molar-refractivity contribution is 0.251. The predicted octanol–water partition coefficient (Wildman–Crippen LogP) is 3.71. The minimum atomic E-state index is -0.206. The van der Waals surface area contributed by atoms with Crippen LogP contribution in [-0.2, 0) is 4.79 Å². The number of hydrogen-bond acceptors (Lipinski definition) is 2. The molecule has 0 aromatic heterocycles. The van der Waals surface area contributed by atoms with Crippen LogP contribution in [-0.4, -0.2) is 11.6 Å². The second kappa shape index (κ2) is 5.46. The maximum absolute atomic E-state index is 10.2. The molecule has 0 spiro atoms. The van der Waals surface area contributed by atoms with E-state index in [1.165, 1.54) is 32.1 Å². The zero-order chi connectivity index (χ0) is 11.3. The second-order valence-electron chi connectivity index (χ2n) is 5.69. The normalized spacial score (nSPS) is 27.1. The molecule has 1 aliphatic carbocycles. The van der Waals surface area contributed by atoms with Gasteiger partial charge in [-0.2, -0.15) is 4.99 Å². The first kappa shape index (κ1) is 12.4. The fourth-order valence-electron chi connectivity index (χ4n) is 2.56. The van der Waals surface area contributed by atoms with E-state index in [4.69, 9.17) is 0 Å². The molecule has 0 amide bonds. The molecule has 0 aromatic rings. The Hall–Kier alpha value is -0.620. The Bertz CT molecular complexity index is 241. The van der Waals surface area contributed by atoms with Gasteiger partial charge < -0.3 is 0 Å². The van der Waals surface area contributed by atoms with E-state index < -0.39 is 0 Å². The zero-order valence-corrected chi connectivity index (χ0v) is 10.3. The maximum atomic E-state index is 10.2. The smallest absolute Gasteiger partial charge is 0.211 e. The van der Waals surface area contributed by atoms with Crippen LogP contribution in [0.2, 0.25) is 0 Å². The molecule has 2 unspecified atom stereocenters. The van der Waals surface area contributed by atoms with E-state index in [0.29, 0.717) is 0 Å². The summed E-state index contributed by atoms with van der Waals surface area (Å²) >= 11 is 0. The van der Waals surface area contributed by atoms with Crippen molar-refractivity contribution in [2.24, 2.45) is 16.8 Å². The van der Waals surface area contributed by atoms with E-state index in [9.17, 15) is 4.79 Å². The van der Waals surface area contributed by atoms with Crippen molar-refractivity contribution in [3.05, 3.63) is 0 Å². The summed E-state index contributed by atoms with van der Waals surface area (Å²) < 4.78 is 0. The van der Waals surface area contributed by atoms with Gasteiger partial charge in [-0.15, -0.1) is 0 Å². The zero-order valence-electron chi connectivity index (χ0n) is 10.3. The van der Waals surface area contributed by atoms with Gasteiger partial charge in [-0.1, -0.05) is 26.2 Å². The molecule has 2 atom stereocenters. The van der Waals surface area contributed by atoms with Crippen LogP contribution in [0.1, 0.15) is 59.3 Å². The topological polar surface area (TPSA) is 29.4 Å². The van der Waals surface area contributed by atoms with Crippen LogP contribution in [0.5, 0.6) is 0 Å². The number of isocyanates is 1. The van der Waals surface area contributed by atoms with E-state index in [0.717, 1.165) is 18.3 Å². The van der Waals surface area contributed by atoms with Gasteiger partial charge in [0.25, 0.3) is 0 Å². The Morgan fingerprint density at radius 1 is 1.40 bits per heavy atom. The van der Waals surface area contributed by atoms with Crippen molar-refractivity contribution in [1.29, 1.82) is 0 Å². The largest absolute Gasteiger partial charge is 0.235 e. The summed E-state index contributed by atoms with van der Waals surface area (Å²) in [5.41, 5.74) is -0.206. The molecular weight excluding hydrogens is 186 g/mol. The molecular formula is C13H23NO. The minimum absolute atomic E-state index is 0.206. The van der Waals surface area contributed by atoms with Crippen molar-refractivity contribution in [1.82, 2.24) is 0 Å². The lowest BCUT2D eigenvalue weighted by Gasteiger charge is -2.28. The molecule has 2 nitrogen and oxygen atoms in total. The number of nitrogens with zero attached hydrogens (tertiary/aromatic N) is 1. The molecule has 0 aromatic carbocycles.